The van der Waals surface area contributed by atoms with Crippen molar-refractivity contribution in [2.45, 2.75) is 105 Å². The van der Waals surface area contributed by atoms with E-state index in [-0.39, 0.29) is 11.8 Å². The van der Waals surface area contributed by atoms with Gasteiger partial charge < -0.3 is 10.6 Å². The molecule has 0 unspecified atom stereocenters. The Hall–Kier alpha value is -1.84. The topological polar surface area (TPSA) is 58.2 Å². The lowest BCUT2D eigenvalue weighted by Crippen LogP contribution is -2.27. The molecule has 2 amide bonds. The predicted octanol–water partition coefficient (Wildman–Crippen LogP) is 7.31. The smallest absolute Gasteiger partial charge is 0.229 e. The first-order valence-corrected chi connectivity index (χ1v) is 11.5. The van der Waals surface area contributed by atoms with Crippen LogP contribution in [0.4, 0.5) is 11.4 Å². The number of hydrogen-bond acceptors (Lipinski definition) is 2. The normalized spacial score (nSPS) is 11.3. The standard InChI is InChI=1S/C25H42N2O2/c1-5-6-7-8-9-10-11-12-13-14-15-19-23(28)26-21-17-16-18-22(20-21)27-24(29)25(2,3)4/h16-18,20H,5-15,19H2,1-4H3,(H,26,28)(H,27,29). The summed E-state index contributed by atoms with van der Waals surface area (Å²) < 4.78 is 0. The highest BCUT2D eigenvalue weighted by Crippen LogP contribution is 2.20. The van der Waals surface area contributed by atoms with Crippen LogP contribution in [-0.4, -0.2) is 11.8 Å². The molecular weight excluding hydrogens is 360 g/mol. The van der Waals surface area contributed by atoms with Crippen molar-refractivity contribution < 1.29 is 9.59 Å². The minimum atomic E-state index is -0.450. The van der Waals surface area contributed by atoms with Crippen LogP contribution in [0.1, 0.15) is 105 Å². The molecule has 1 aromatic rings. The highest BCUT2D eigenvalue weighted by molar-refractivity contribution is 5.96. The third kappa shape index (κ3) is 12.4. The van der Waals surface area contributed by atoms with Gasteiger partial charge in [0.1, 0.15) is 0 Å². The highest BCUT2D eigenvalue weighted by Gasteiger charge is 2.21. The average Bonchev–Trinajstić information content (AvgIpc) is 2.65. The van der Waals surface area contributed by atoms with Crippen LogP contribution in [0.25, 0.3) is 0 Å². The van der Waals surface area contributed by atoms with Crippen LogP contribution in [0.5, 0.6) is 0 Å². The second-order valence-electron chi connectivity index (χ2n) is 9.12. The number of amides is 2. The van der Waals surface area contributed by atoms with E-state index in [0.717, 1.165) is 18.5 Å². The van der Waals surface area contributed by atoms with Gasteiger partial charge in [0.15, 0.2) is 0 Å². The largest absolute Gasteiger partial charge is 0.326 e. The SMILES string of the molecule is CCCCCCCCCCCCCC(=O)Nc1cccc(NC(=O)C(C)(C)C)c1. The summed E-state index contributed by atoms with van der Waals surface area (Å²) >= 11 is 0. The number of nitrogens with one attached hydrogen (secondary N) is 2. The van der Waals surface area contributed by atoms with Crippen molar-refractivity contribution in [1.82, 2.24) is 0 Å². The zero-order valence-corrected chi connectivity index (χ0v) is 19.1. The maximum atomic E-state index is 12.2. The number of carbonyl (C=O) groups excluding carboxylic acids is 2. The van der Waals surface area contributed by atoms with Crippen molar-refractivity contribution in [3.05, 3.63) is 24.3 Å². The lowest BCUT2D eigenvalue weighted by molar-refractivity contribution is -0.123. The summed E-state index contributed by atoms with van der Waals surface area (Å²) in [7, 11) is 0. The van der Waals surface area contributed by atoms with Crippen LogP contribution in [0, 0.1) is 5.41 Å². The van der Waals surface area contributed by atoms with Gasteiger partial charge in [-0.15, -0.1) is 0 Å². The van der Waals surface area contributed by atoms with E-state index in [4.69, 9.17) is 0 Å². The van der Waals surface area contributed by atoms with Gasteiger partial charge in [-0.25, -0.2) is 0 Å². The Kier molecular flexibility index (Phi) is 12.3. The third-order valence-corrected chi connectivity index (χ3v) is 5.09. The summed E-state index contributed by atoms with van der Waals surface area (Å²) in [6.45, 7) is 7.88. The summed E-state index contributed by atoms with van der Waals surface area (Å²) in [5.41, 5.74) is 0.982. The molecule has 29 heavy (non-hydrogen) atoms. The first-order valence-electron chi connectivity index (χ1n) is 11.5. The third-order valence-electron chi connectivity index (χ3n) is 5.09. The Morgan fingerprint density at radius 2 is 1.24 bits per heavy atom. The quantitative estimate of drug-likeness (QED) is 0.320. The van der Waals surface area contributed by atoms with Gasteiger partial charge in [-0.05, 0) is 24.6 Å². The van der Waals surface area contributed by atoms with Gasteiger partial charge in [0.2, 0.25) is 11.8 Å². The van der Waals surface area contributed by atoms with Crippen LogP contribution < -0.4 is 10.6 Å². The minimum Gasteiger partial charge on any atom is -0.326 e. The molecule has 0 aliphatic heterocycles. The number of anilines is 2. The second kappa shape index (κ2) is 14.2. The fourth-order valence-corrected chi connectivity index (χ4v) is 3.17. The van der Waals surface area contributed by atoms with Crippen molar-refractivity contribution in [3.8, 4) is 0 Å². The van der Waals surface area contributed by atoms with E-state index in [9.17, 15) is 9.59 Å². The van der Waals surface area contributed by atoms with Crippen molar-refractivity contribution in [2.24, 2.45) is 5.41 Å². The molecule has 1 aromatic carbocycles. The van der Waals surface area contributed by atoms with E-state index in [1.54, 1.807) is 0 Å². The highest BCUT2D eigenvalue weighted by atomic mass is 16.2. The molecule has 0 aliphatic rings. The Bertz CT molecular complexity index is 605. The first-order chi connectivity index (χ1) is 13.8. The number of unbranched alkanes of at least 4 members (excludes halogenated alkanes) is 10. The fraction of sp³-hybridized carbons (Fsp3) is 0.680. The van der Waals surface area contributed by atoms with Gasteiger partial charge in [0, 0.05) is 23.2 Å². The van der Waals surface area contributed by atoms with Crippen molar-refractivity contribution >= 4 is 23.2 Å². The van der Waals surface area contributed by atoms with Crippen molar-refractivity contribution in [3.63, 3.8) is 0 Å². The number of benzene rings is 1. The van der Waals surface area contributed by atoms with E-state index < -0.39 is 5.41 Å². The second-order valence-corrected chi connectivity index (χ2v) is 9.12. The Labute approximate surface area is 178 Å². The zero-order chi connectivity index (χ0) is 21.5. The molecule has 0 heterocycles. The molecular formula is C25H42N2O2. The van der Waals surface area contributed by atoms with E-state index >= 15 is 0 Å². The van der Waals surface area contributed by atoms with E-state index in [1.165, 1.54) is 57.8 Å². The minimum absolute atomic E-state index is 0.0399. The number of rotatable bonds is 14. The molecule has 1 rings (SSSR count). The lowest BCUT2D eigenvalue weighted by atomic mass is 9.95. The number of carbonyl (C=O) groups is 2. The molecule has 4 heteroatoms. The molecule has 0 aromatic heterocycles. The molecule has 0 saturated heterocycles. The first kappa shape index (κ1) is 25.2. The van der Waals surface area contributed by atoms with Gasteiger partial charge in [-0.3, -0.25) is 9.59 Å². The van der Waals surface area contributed by atoms with Gasteiger partial charge in [0.25, 0.3) is 0 Å². The molecule has 0 radical (unpaired) electrons. The Morgan fingerprint density at radius 1 is 0.759 bits per heavy atom. The van der Waals surface area contributed by atoms with Crippen LogP contribution in [0.3, 0.4) is 0 Å². The molecule has 0 aliphatic carbocycles. The summed E-state index contributed by atoms with van der Waals surface area (Å²) in [6.07, 6.45) is 14.6. The van der Waals surface area contributed by atoms with Crippen LogP contribution in [-0.2, 0) is 9.59 Å². The Balaban J connectivity index is 2.16. The molecule has 4 nitrogen and oxygen atoms in total. The van der Waals surface area contributed by atoms with E-state index in [1.807, 2.05) is 45.0 Å². The van der Waals surface area contributed by atoms with Crippen molar-refractivity contribution in [2.75, 3.05) is 10.6 Å². The molecule has 0 bridgehead atoms. The molecule has 2 N–H and O–H groups in total. The summed E-state index contributed by atoms with van der Waals surface area (Å²) in [6, 6.07) is 7.34. The predicted molar refractivity (Wildman–Crippen MR) is 124 cm³/mol. The molecule has 0 atom stereocenters. The van der Waals surface area contributed by atoms with Crippen LogP contribution in [0.2, 0.25) is 0 Å². The summed E-state index contributed by atoms with van der Waals surface area (Å²) in [4.78, 5) is 24.3. The van der Waals surface area contributed by atoms with Gasteiger partial charge in [0.05, 0.1) is 0 Å². The van der Waals surface area contributed by atoms with Gasteiger partial charge in [-0.1, -0.05) is 98.0 Å². The Morgan fingerprint density at radius 3 is 1.76 bits per heavy atom. The molecule has 0 saturated carbocycles. The van der Waals surface area contributed by atoms with Crippen molar-refractivity contribution in [1.29, 1.82) is 0 Å². The molecule has 0 fully saturated rings. The van der Waals surface area contributed by atoms with Crippen LogP contribution >= 0.6 is 0 Å². The van der Waals surface area contributed by atoms with E-state index in [0.29, 0.717) is 12.1 Å². The monoisotopic (exact) mass is 402 g/mol. The fourth-order valence-electron chi connectivity index (χ4n) is 3.17. The molecule has 164 valence electrons. The number of hydrogen-bond donors (Lipinski definition) is 2. The van der Waals surface area contributed by atoms with Crippen LogP contribution in [0.15, 0.2) is 24.3 Å². The lowest BCUT2D eigenvalue weighted by Gasteiger charge is -2.18. The maximum Gasteiger partial charge on any atom is 0.229 e. The zero-order valence-electron chi connectivity index (χ0n) is 19.1. The maximum absolute atomic E-state index is 12.2. The summed E-state index contributed by atoms with van der Waals surface area (Å²) in [5, 5.41) is 5.84. The van der Waals surface area contributed by atoms with E-state index in [2.05, 4.69) is 17.6 Å². The summed E-state index contributed by atoms with van der Waals surface area (Å²) in [5.74, 6) is 0.00200. The van der Waals surface area contributed by atoms with Gasteiger partial charge in [-0.2, -0.15) is 0 Å². The van der Waals surface area contributed by atoms with Gasteiger partial charge >= 0.3 is 0 Å². The molecule has 0 spiro atoms. The average molecular weight is 403 g/mol.